The molecule has 2 amide bonds. The molecule has 0 saturated heterocycles. The van der Waals surface area contributed by atoms with Gasteiger partial charge in [-0.3, -0.25) is 13.9 Å². The summed E-state index contributed by atoms with van der Waals surface area (Å²) < 4.78 is 46.6. The van der Waals surface area contributed by atoms with Crippen LogP contribution in [0.3, 0.4) is 0 Å². The van der Waals surface area contributed by atoms with Crippen molar-refractivity contribution < 1.29 is 27.1 Å². The molecule has 10 heteroatoms. The number of halogens is 1. The lowest BCUT2D eigenvalue weighted by Gasteiger charge is -2.33. The van der Waals surface area contributed by atoms with Crippen molar-refractivity contribution in [2.45, 2.75) is 39.0 Å². The van der Waals surface area contributed by atoms with Crippen LogP contribution < -0.4 is 14.4 Å². The van der Waals surface area contributed by atoms with Crippen LogP contribution in [-0.4, -0.2) is 50.5 Å². The van der Waals surface area contributed by atoms with Crippen LogP contribution in [0.1, 0.15) is 30.0 Å². The summed E-state index contributed by atoms with van der Waals surface area (Å²) in [6.45, 7) is 2.11. The van der Waals surface area contributed by atoms with E-state index in [1.165, 1.54) is 17.0 Å². The van der Waals surface area contributed by atoms with E-state index in [-0.39, 0.29) is 24.6 Å². The lowest BCUT2D eigenvalue weighted by molar-refractivity contribution is -0.140. The van der Waals surface area contributed by atoms with Crippen molar-refractivity contribution in [2.24, 2.45) is 0 Å². The van der Waals surface area contributed by atoms with Crippen LogP contribution in [0, 0.1) is 5.82 Å². The summed E-state index contributed by atoms with van der Waals surface area (Å²) in [4.78, 5) is 29.0. The number of nitrogens with zero attached hydrogens (tertiary/aromatic N) is 2. The van der Waals surface area contributed by atoms with Gasteiger partial charge in [-0.1, -0.05) is 79.7 Å². The molecular weight excluding hydrogens is 593 g/mol. The van der Waals surface area contributed by atoms with Gasteiger partial charge in [0.05, 0.1) is 11.9 Å². The number of hydrogen-bond acceptors (Lipinski definition) is 5. The topological polar surface area (TPSA) is 96.0 Å². The second-order valence-electron chi connectivity index (χ2n) is 10.7. The van der Waals surface area contributed by atoms with Gasteiger partial charge >= 0.3 is 0 Å². The highest BCUT2D eigenvalue weighted by Gasteiger charge is 2.33. The molecule has 0 fully saturated rings. The standard InChI is InChI=1S/C35H38FN3O5S/c1-3-22-37-35(41)33(23-27-10-6-4-7-11-27)38(24-28-14-16-30(36)17-15-28)34(40)25-39(45(2,42)43)31-18-20-32(21-19-31)44-26-29-12-8-5-9-13-29/h4-21,33H,3,22-26H2,1-2H3,(H,37,41)/t33-/m1/s1. The van der Waals surface area contributed by atoms with Crippen molar-refractivity contribution >= 4 is 27.5 Å². The van der Waals surface area contributed by atoms with Gasteiger partial charge in [0, 0.05) is 19.5 Å². The lowest BCUT2D eigenvalue weighted by atomic mass is 10.0. The molecule has 4 aromatic carbocycles. The van der Waals surface area contributed by atoms with Crippen molar-refractivity contribution in [2.75, 3.05) is 23.7 Å². The molecule has 8 nitrogen and oxygen atoms in total. The summed E-state index contributed by atoms with van der Waals surface area (Å²) in [6, 6.07) is 30.1. The van der Waals surface area contributed by atoms with Gasteiger partial charge < -0.3 is 15.0 Å². The molecular formula is C35H38FN3O5S. The first-order valence-electron chi connectivity index (χ1n) is 14.7. The van der Waals surface area contributed by atoms with Gasteiger partial charge in [-0.15, -0.1) is 0 Å². The molecule has 0 unspecified atom stereocenters. The summed E-state index contributed by atoms with van der Waals surface area (Å²) >= 11 is 0. The van der Waals surface area contributed by atoms with E-state index in [9.17, 15) is 22.4 Å². The van der Waals surface area contributed by atoms with Crippen LogP contribution in [0.5, 0.6) is 5.75 Å². The quantitative estimate of drug-likeness (QED) is 0.191. The monoisotopic (exact) mass is 631 g/mol. The van der Waals surface area contributed by atoms with E-state index in [2.05, 4.69) is 5.32 Å². The number of hydrogen-bond donors (Lipinski definition) is 1. The molecule has 236 valence electrons. The highest BCUT2D eigenvalue weighted by Crippen LogP contribution is 2.24. The predicted molar refractivity (Wildman–Crippen MR) is 174 cm³/mol. The van der Waals surface area contributed by atoms with E-state index in [0.29, 0.717) is 30.9 Å². The maximum atomic E-state index is 14.1. The Morgan fingerprint density at radius 2 is 1.42 bits per heavy atom. The molecule has 1 atom stereocenters. The van der Waals surface area contributed by atoms with Gasteiger partial charge in [-0.05, 0) is 59.5 Å². The number of sulfonamides is 1. The Morgan fingerprint density at radius 3 is 2.00 bits per heavy atom. The molecule has 0 heterocycles. The zero-order chi connectivity index (χ0) is 32.2. The van der Waals surface area contributed by atoms with Crippen LogP contribution >= 0.6 is 0 Å². The smallest absolute Gasteiger partial charge is 0.244 e. The summed E-state index contributed by atoms with van der Waals surface area (Å²) in [5.74, 6) is -0.836. The Bertz CT molecular complexity index is 1630. The highest BCUT2D eigenvalue weighted by molar-refractivity contribution is 7.92. The van der Waals surface area contributed by atoms with E-state index in [1.807, 2.05) is 67.6 Å². The summed E-state index contributed by atoms with van der Waals surface area (Å²) in [6.07, 6.45) is 1.93. The number of benzene rings is 4. The van der Waals surface area contributed by atoms with E-state index < -0.39 is 34.3 Å². The van der Waals surface area contributed by atoms with Crippen molar-refractivity contribution in [3.8, 4) is 5.75 Å². The fourth-order valence-corrected chi connectivity index (χ4v) is 5.62. The van der Waals surface area contributed by atoms with E-state index in [1.54, 1.807) is 36.4 Å². The van der Waals surface area contributed by atoms with E-state index in [0.717, 1.165) is 21.7 Å². The highest BCUT2D eigenvalue weighted by atomic mass is 32.2. The molecule has 0 spiro atoms. The third-order valence-electron chi connectivity index (χ3n) is 7.14. The fourth-order valence-electron chi connectivity index (χ4n) is 4.77. The molecule has 0 aliphatic rings. The largest absolute Gasteiger partial charge is 0.489 e. The molecule has 0 aliphatic heterocycles. The van der Waals surface area contributed by atoms with Crippen LogP contribution in [0.2, 0.25) is 0 Å². The molecule has 4 aromatic rings. The zero-order valence-electron chi connectivity index (χ0n) is 25.4. The van der Waals surface area contributed by atoms with Gasteiger partial charge in [0.25, 0.3) is 0 Å². The third kappa shape index (κ3) is 9.90. The molecule has 1 N–H and O–H groups in total. The lowest BCUT2D eigenvalue weighted by Crippen LogP contribution is -2.53. The third-order valence-corrected chi connectivity index (χ3v) is 8.28. The first-order valence-corrected chi connectivity index (χ1v) is 16.6. The van der Waals surface area contributed by atoms with Crippen molar-refractivity contribution in [1.29, 1.82) is 0 Å². The van der Waals surface area contributed by atoms with E-state index >= 15 is 0 Å². The minimum absolute atomic E-state index is 0.0278. The molecule has 0 bridgehead atoms. The average molecular weight is 632 g/mol. The second-order valence-corrected chi connectivity index (χ2v) is 12.6. The Hall–Kier alpha value is -4.70. The second kappa shape index (κ2) is 15.9. The zero-order valence-corrected chi connectivity index (χ0v) is 26.3. The minimum Gasteiger partial charge on any atom is -0.489 e. The van der Waals surface area contributed by atoms with E-state index in [4.69, 9.17) is 4.74 Å². The van der Waals surface area contributed by atoms with Crippen molar-refractivity contribution in [3.63, 3.8) is 0 Å². The summed E-state index contributed by atoms with van der Waals surface area (Å²) in [5.41, 5.74) is 2.68. The molecule has 4 rings (SSSR count). The van der Waals surface area contributed by atoms with Gasteiger partial charge in [0.1, 0.15) is 30.8 Å². The van der Waals surface area contributed by atoms with Crippen LogP contribution in [0.25, 0.3) is 0 Å². The fraction of sp³-hybridized carbons (Fsp3) is 0.257. The van der Waals surface area contributed by atoms with Crippen molar-refractivity contribution in [1.82, 2.24) is 10.2 Å². The molecule has 0 aromatic heterocycles. The predicted octanol–water partition coefficient (Wildman–Crippen LogP) is 5.34. The number of anilines is 1. The number of nitrogens with one attached hydrogen (secondary N) is 1. The maximum Gasteiger partial charge on any atom is 0.244 e. The van der Waals surface area contributed by atoms with Crippen molar-refractivity contribution in [3.05, 3.63) is 132 Å². The van der Waals surface area contributed by atoms with Crippen LogP contribution in [-0.2, 0) is 39.2 Å². The molecule has 0 aliphatic carbocycles. The Kier molecular flexibility index (Phi) is 11.7. The Morgan fingerprint density at radius 1 is 0.822 bits per heavy atom. The molecule has 0 saturated carbocycles. The summed E-state index contributed by atoms with van der Waals surface area (Å²) in [7, 11) is -3.92. The molecule has 0 radical (unpaired) electrons. The number of ether oxygens (including phenoxy) is 1. The Labute approximate surface area is 264 Å². The number of carbonyl (C=O) groups excluding carboxylic acids is 2. The first kappa shape index (κ1) is 33.2. The van der Waals surface area contributed by atoms with Crippen LogP contribution in [0.15, 0.2) is 109 Å². The van der Waals surface area contributed by atoms with Gasteiger partial charge in [0.15, 0.2) is 0 Å². The van der Waals surface area contributed by atoms with Gasteiger partial charge in [-0.2, -0.15) is 0 Å². The van der Waals surface area contributed by atoms with Gasteiger partial charge in [-0.25, -0.2) is 12.8 Å². The molecule has 45 heavy (non-hydrogen) atoms. The summed E-state index contributed by atoms with van der Waals surface area (Å²) in [5, 5.41) is 2.89. The number of carbonyl (C=O) groups is 2. The average Bonchev–Trinajstić information content (AvgIpc) is 3.04. The first-order chi connectivity index (χ1) is 21.6. The van der Waals surface area contributed by atoms with Crippen LogP contribution in [0.4, 0.5) is 10.1 Å². The van der Waals surface area contributed by atoms with Gasteiger partial charge in [0.2, 0.25) is 21.8 Å². The minimum atomic E-state index is -3.92. The normalized spacial score (nSPS) is 11.8. The maximum absolute atomic E-state index is 14.1. The Balaban J connectivity index is 1.63. The number of rotatable bonds is 15. The number of amides is 2. The SMILES string of the molecule is CCCNC(=O)[C@@H](Cc1ccccc1)N(Cc1ccc(F)cc1)C(=O)CN(c1ccc(OCc2ccccc2)cc1)S(C)(=O)=O.